The fraction of sp³-hybridized carbons (Fsp3) is 0.300. The lowest BCUT2D eigenvalue weighted by Crippen LogP contribution is -2.35. The Morgan fingerprint density at radius 3 is 2.44 bits per heavy atom. The maximum Gasteiger partial charge on any atom is 0.305 e. The van der Waals surface area contributed by atoms with Crippen LogP contribution in [-0.2, 0) is 30.8 Å². The molecule has 1 heterocycles. The Bertz CT molecular complexity index is 1570. The molecule has 1 aliphatic rings. The van der Waals surface area contributed by atoms with Crippen LogP contribution in [0.1, 0.15) is 29.0 Å². The summed E-state index contributed by atoms with van der Waals surface area (Å²) in [5.41, 5.74) is 3.95. The summed E-state index contributed by atoms with van der Waals surface area (Å²) in [5, 5.41) is 2.75. The number of fused-ring (bicyclic) bond motifs is 1. The number of hydrogen-bond donors (Lipinski definition) is 1. The van der Waals surface area contributed by atoms with Crippen LogP contribution < -0.4 is 9.62 Å². The summed E-state index contributed by atoms with van der Waals surface area (Å²) in [6, 6.07) is 18.3. The van der Waals surface area contributed by atoms with Crippen LogP contribution in [-0.4, -0.2) is 71.5 Å². The van der Waals surface area contributed by atoms with Gasteiger partial charge in [0.15, 0.2) is 0 Å². The second kappa shape index (κ2) is 12.6. The summed E-state index contributed by atoms with van der Waals surface area (Å²) in [6.45, 7) is 0.827. The maximum absolute atomic E-state index is 13.9. The molecule has 9 nitrogen and oxygen atoms in total. The van der Waals surface area contributed by atoms with Gasteiger partial charge in [0.2, 0.25) is 15.9 Å². The van der Waals surface area contributed by atoms with Crippen molar-refractivity contribution in [2.24, 2.45) is 4.99 Å². The molecular weight excluding hydrogens is 547 g/mol. The standard InChI is InChI=1S/C30H33FN4O5S/c1-34(2)16-17-35(41(4,38)39)24-12-10-23(11-13-24)32-29(21-7-5-6-20(18-21)8-15-27(36)40-3)28-25-14-9-22(31)19-26(25)33-30(28)37/h5-7,9-14,18-19,28H,8,15-17H2,1-4H3,(H,33,37). The van der Waals surface area contributed by atoms with Crippen LogP contribution in [0.5, 0.6) is 0 Å². The summed E-state index contributed by atoms with van der Waals surface area (Å²) in [7, 11) is 1.57. The number of methoxy groups -OCH3 is 1. The first-order valence-electron chi connectivity index (χ1n) is 13.0. The van der Waals surface area contributed by atoms with E-state index in [1.54, 1.807) is 30.3 Å². The van der Waals surface area contributed by atoms with E-state index < -0.39 is 21.8 Å². The predicted molar refractivity (Wildman–Crippen MR) is 158 cm³/mol. The Morgan fingerprint density at radius 1 is 1.05 bits per heavy atom. The third kappa shape index (κ3) is 7.36. The molecule has 0 fully saturated rings. The van der Waals surface area contributed by atoms with Gasteiger partial charge in [-0.3, -0.25) is 18.9 Å². The molecule has 4 rings (SSSR count). The van der Waals surface area contributed by atoms with E-state index >= 15 is 0 Å². The fourth-order valence-electron chi connectivity index (χ4n) is 4.65. The van der Waals surface area contributed by atoms with Gasteiger partial charge < -0.3 is 15.0 Å². The van der Waals surface area contributed by atoms with Crippen molar-refractivity contribution in [2.75, 3.05) is 50.2 Å². The lowest BCUT2D eigenvalue weighted by molar-refractivity contribution is -0.140. The van der Waals surface area contributed by atoms with Gasteiger partial charge >= 0.3 is 5.97 Å². The summed E-state index contributed by atoms with van der Waals surface area (Å²) in [5.74, 6) is -1.95. The number of carbonyl (C=O) groups is 2. The zero-order valence-electron chi connectivity index (χ0n) is 23.4. The first kappa shape index (κ1) is 29.9. The van der Waals surface area contributed by atoms with Crippen molar-refractivity contribution < 1.29 is 27.1 Å². The molecule has 0 radical (unpaired) electrons. The minimum absolute atomic E-state index is 0.199. The monoisotopic (exact) mass is 580 g/mol. The number of aryl methyl sites for hydroxylation is 1. The Morgan fingerprint density at radius 2 is 1.78 bits per heavy atom. The topological polar surface area (TPSA) is 108 Å². The van der Waals surface area contributed by atoms with Crippen LogP contribution in [0.25, 0.3) is 0 Å². The SMILES string of the molecule is COC(=O)CCc1cccc(C(=Nc2ccc(N(CCN(C)C)S(C)(=O)=O)cc2)C2C(=O)Nc3cc(F)ccc32)c1. The van der Waals surface area contributed by atoms with Gasteiger partial charge in [0.25, 0.3) is 0 Å². The van der Waals surface area contributed by atoms with E-state index in [0.29, 0.717) is 46.9 Å². The zero-order valence-corrected chi connectivity index (χ0v) is 24.2. The molecule has 3 aromatic carbocycles. The molecule has 1 amide bonds. The molecule has 0 spiro atoms. The van der Waals surface area contributed by atoms with Crippen molar-refractivity contribution in [3.8, 4) is 0 Å². The molecule has 0 bridgehead atoms. The first-order valence-corrected chi connectivity index (χ1v) is 14.9. The second-order valence-corrected chi connectivity index (χ2v) is 12.0. The number of anilines is 2. The molecule has 0 aliphatic carbocycles. The first-order chi connectivity index (χ1) is 19.5. The molecule has 1 unspecified atom stereocenters. The highest BCUT2D eigenvalue weighted by Crippen LogP contribution is 2.37. The predicted octanol–water partition coefficient (Wildman–Crippen LogP) is 4.12. The number of likely N-dealkylation sites (N-methyl/N-ethyl adjacent to an activating group) is 1. The number of nitrogens with zero attached hydrogens (tertiary/aromatic N) is 3. The molecule has 3 aromatic rings. The Hall–Kier alpha value is -4.09. The van der Waals surface area contributed by atoms with Gasteiger partial charge in [-0.15, -0.1) is 0 Å². The maximum atomic E-state index is 13.9. The van der Waals surface area contributed by atoms with Crippen molar-refractivity contribution in [3.05, 3.63) is 89.2 Å². The van der Waals surface area contributed by atoms with Crippen LogP contribution in [0.3, 0.4) is 0 Å². The number of ether oxygens (including phenoxy) is 1. The third-order valence-corrected chi connectivity index (χ3v) is 7.92. The van der Waals surface area contributed by atoms with Crippen molar-refractivity contribution in [1.82, 2.24) is 4.90 Å². The van der Waals surface area contributed by atoms with E-state index in [1.165, 1.54) is 29.8 Å². The average Bonchev–Trinajstić information content (AvgIpc) is 3.24. The molecule has 11 heteroatoms. The minimum Gasteiger partial charge on any atom is -0.469 e. The van der Waals surface area contributed by atoms with Gasteiger partial charge in [-0.2, -0.15) is 0 Å². The highest BCUT2D eigenvalue weighted by molar-refractivity contribution is 7.92. The molecule has 1 N–H and O–H groups in total. The summed E-state index contributed by atoms with van der Waals surface area (Å²) in [4.78, 5) is 31.7. The smallest absolute Gasteiger partial charge is 0.305 e. The molecule has 1 aliphatic heterocycles. The number of benzene rings is 3. The molecular formula is C30H33FN4O5S. The summed E-state index contributed by atoms with van der Waals surface area (Å²) < 4.78 is 45.0. The van der Waals surface area contributed by atoms with E-state index in [0.717, 1.165) is 5.56 Å². The van der Waals surface area contributed by atoms with E-state index in [-0.39, 0.29) is 24.8 Å². The average molecular weight is 581 g/mol. The lowest BCUT2D eigenvalue weighted by Gasteiger charge is -2.24. The quantitative estimate of drug-likeness (QED) is 0.270. The fourth-order valence-corrected chi connectivity index (χ4v) is 5.56. The second-order valence-electron chi connectivity index (χ2n) is 10.1. The normalized spacial score (nSPS) is 15.0. The summed E-state index contributed by atoms with van der Waals surface area (Å²) >= 11 is 0. The number of sulfonamides is 1. The number of nitrogens with one attached hydrogen (secondary N) is 1. The Balaban J connectivity index is 1.76. The zero-order chi connectivity index (χ0) is 29.7. The summed E-state index contributed by atoms with van der Waals surface area (Å²) in [6.07, 6.45) is 1.80. The van der Waals surface area contributed by atoms with Crippen LogP contribution >= 0.6 is 0 Å². The highest BCUT2D eigenvalue weighted by atomic mass is 32.2. The molecule has 0 saturated carbocycles. The van der Waals surface area contributed by atoms with Crippen LogP contribution in [0, 0.1) is 5.82 Å². The number of halogens is 1. The van der Waals surface area contributed by atoms with Crippen LogP contribution in [0.15, 0.2) is 71.7 Å². The van der Waals surface area contributed by atoms with Gasteiger partial charge in [0.1, 0.15) is 11.7 Å². The minimum atomic E-state index is -3.51. The number of aliphatic imine (C=N–C) groups is 1. The Labute approximate surface area is 239 Å². The van der Waals surface area contributed by atoms with E-state index in [1.807, 2.05) is 43.3 Å². The van der Waals surface area contributed by atoms with Gasteiger partial charge in [0, 0.05) is 25.2 Å². The van der Waals surface area contributed by atoms with Gasteiger partial charge in [-0.05, 0) is 79.7 Å². The van der Waals surface area contributed by atoms with Crippen molar-refractivity contribution >= 4 is 44.7 Å². The van der Waals surface area contributed by atoms with Gasteiger partial charge in [-0.25, -0.2) is 12.8 Å². The number of carbonyl (C=O) groups excluding carboxylic acids is 2. The van der Waals surface area contributed by atoms with Gasteiger partial charge in [-0.1, -0.05) is 24.3 Å². The molecule has 1 atom stereocenters. The number of rotatable bonds is 11. The Kier molecular flexibility index (Phi) is 9.19. The third-order valence-electron chi connectivity index (χ3n) is 6.73. The van der Waals surface area contributed by atoms with E-state index in [9.17, 15) is 22.4 Å². The van der Waals surface area contributed by atoms with Crippen molar-refractivity contribution in [2.45, 2.75) is 18.8 Å². The van der Waals surface area contributed by atoms with Crippen LogP contribution in [0.2, 0.25) is 0 Å². The largest absolute Gasteiger partial charge is 0.469 e. The van der Waals surface area contributed by atoms with E-state index in [4.69, 9.17) is 9.73 Å². The lowest BCUT2D eigenvalue weighted by atomic mass is 9.89. The highest BCUT2D eigenvalue weighted by Gasteiger charge is 2.35. The number of esters is 1. The number of hydrogen-bond acceptors (Lipinski definition) is 7. The number of amides is 1. The van der Waals surface area contributed by atoms with E-state index in [2.05, 4.69) is 5.32 Å². The van der Waals surface area contributed by atoms with Crippen molar-refractivity contribution in [1.29, 1.82) is 0 Å². The molecule has 0 aromatic heterocycles. The molecule has 0 saturated heterocycles. The van der Waals surface area contributed by atoms with Crippen molar-refractivity contribution in [3.63, 3.8) is 0 Å². The molecule has 216 valence electrons. The molecule has 41 heavy (non-hydrogen) atoms. The van der Waals surface area contributed by atoms with Gasteiger partial charge in [0.05, 0.1) is 30.5 Å². The van der Waals surface area contributed by atoms with Crippen LogP contribution in [0.4, 0.5) is 21.5 Å².